The van der Waals surface area contributed by atoms with Crippen LogP contribution in [0.4, 0.5) is 0 Å². The maximum absolute atomic E-state index is 5.22. The van der Waals surface area contributed by atoms with Gasteiger partial charge in [0.05, 0.1) is 0 Å². The molecule has 0 aromatic rings. The van der Waals surface area contributed by atoms with E-state index in [4.69, 9.17) is 9.47 Å². The van der Waals surface area contributed by atoms with Crippen LogP contribution in [-0.4, -0.2) is 26.4 Å². The van der Waals surface area contributed by atoms with Gasteiger partial charge in [-0.15, -0.1) is 0 Å². The molecule has 0 aromatic carbocycles. The first kappa shape index (κ1) is 47.2. The summed E-state index contributed by atoms with van der Waals surface area (Å²) in [5.41, 5.74) is 0. The molecule has 0 saturated heterocycles. The monoisotopic (exact) mass is 493 g/mol. The molecule has 0 rings (SSSR count). The van der Waals surface area contributed by atoms with Crippen molar-refractivity contribution in [3.63, 3.8) is 0 Å². The summed E-state index contributed by atoms with van der Waals surface area (Å²) < 4.78 is 10.2. The molecule has 34 heavy (non-hydrogen) atoms. The predicted octanol–water partition coefficient (Wildman–Crippen LogP) is 12.3. The van der Waals surface area contributed by atoms with E-state index in [1.165, 1.54) is 77.0 Å². The highest BCUT2D eigenvalue weighted by Gasteiger charge is 1.82. The molecule has 0 saturated carbocycles. The quantitative estimate of drug-likeness (QED) is 0.211. The first-order chi connectivity index (χ1) is 16.3. The lowest BCUT2D eigenvalue weighted by molar-refractivity contribution is 0.132. The maximum atomic E-state index is 5.22. The zero-order chi connectivity index (χ0) is 27.7. The third-order valence-electron chi connectivity index (χ3n) is 4.52. The highest BCUT2D eigenvalue weighted by molar-refractivity contribution is 4.33. The van der Waals surface area contributed by atoms with E-state index >= 15 is 0 Å². The van der Waals surface area contributed by atoms with Crippen molar-refractivity contribution in [1.82, 2.24) is 0 Å². The molecule has 0 amide bonds. The third kappa shape index (κ3) is 120. The van der Waals surface area contributed by atoms with Crippen LogP contribution in [0.15, 0.2) is 0 Å². The standard InChI is InChI=1S/C7H16O.C6H14.C5H12O.2C5H12.C4H10/c1-3-5-7-8-6-4-2;2*1-3-5-6-4-2;1-4-5(2)3;1-3-5-4-2;1-3-4-2/h3-7H2,1-2H3;3-6H2,1-2H3;3-5H2,1-2H3;5H,4H2,1-3H3;3-5H2,1-2H3;3-4H2,1-2H3. The summed E-state index contributed by atoms with van der Waals surface area (Å²) in [6.45, 7) is 32.0. The van der Waals surface area contributed by atoms with Crippen LogP contribution in [0.2, 0.25) is 0 Å². The topological polar surface area (TPSA) is 18.5 Å². The summed E-state index contributed by atoms with van der Waals surface area (Å²) in [4.78, 5) is 0. The molecule has 2 heteroatoms. The molecule has 0 bridgehead atoms. The first-order valence-corrected chi connectivity index (χ1v) is 15.5. The second-order valence-corrected chi connectivity index (χ2v) is 9.03. The Labute approximate surface area is 221 Å². The Morgan fingerprint density at radius 1 is 0.382 bits per heavy atom. The Balaban J connectivity index is -0.0000000702. The first-order valence-electron chi connectivity index (χ1n) is 15.5. The van der Waals surface area contributed by atoms with Gasteiger partial charge in [0.2, 0.25) is 0 Å². The molecule has 0 atom stereocenters. The lowest BCUT2D eigenvalue weighted by Gasteiger charge is -1.97. The molecule has 0 aliphatic heterocycles. The number of hydrogen-bond donors (Lipinski definition) is 0. The van der Waals surface area contributed by atoms with E-state index in [1.807, 2.05) is 6.92 Å². The molecule has 0 aromatic heterocycles. The summed E-state index contributed by atoms with van der Waals surface area (Å²) in [5, 5.41) is 0. The van der Waals surface area contributed by atoms with Gasteiger partial charge in [-0.1, -0.05) is 154 Å². The summed E-state index contributed by atoms with van der Waals surface area (Å²) in [6.07, 6.45) is 18.3. The molecule has 0 radical (unpaired) electrons. The van der Waals surface area contributed by atoms with Crippen molar-refractivity contribution < 1.29 is 9.47 Å². The fourth-order valence-corrected chi connectivity index (χ4v) is 1.64. The minimum Gasteiger partial charge on any atom is -0.382 e. The van der Waals surface area contributed by atoms with Crippen LogP contribution in [0.25, 0.3) is 0 Å². The SMILES string of the molecule is CCC(C)C.CCCC.CCCCC.CCCCCC.CCCCOCCC.CCCOCC. The Morgan fingerprint density at radius 3 is 0.912 bits per heavy atom. The van der Waals surface area contributed by atoms with Crippen molar-refractivity contribution in [2.75, 3.05) is 26.4 Å². The molecule has 0 N–H and O–H groups in total. The number of hydrogen-bond acceptors (Lipinski definition) is 2. The number of ether oxygens (including phenoxy) is 2. The van der Waals surface area contributed by atoms with Gasteiger partial charge < -0.3 is 9.47 Å². The third-order valence-corrected chi connectivity index (χ3v) is 4.52. The van der Waals surface area contributed by atoms with Gasteiger partial charge in [-0.25, -0.2) is 0 Å². The molecule has 2 nitrogen and oxygen atoms in total. The fourth-order valence-electron chi connectivity index (χ4n) is 1.64. The van der Waals surface area contributed by atoms with Crippen LogP contribution >= 0.6 is 0 Å². The van der Waals surface area contributed by atoms with E-state index < -0.39 is 0 Å². The van der Waals surface area contributed by atoms with Gasteiger partial charge in [-0.05, 0) is 32.1 Å². The van der Waals surface area contributed by atoms with Crippen molar-refractivity contribution in [2.24, 2.45) is 5.92 Å². The average molecular weight is 493 g/mol. The van der Waals surface area contributed by atoms with Crippen LogP contribution in [0.3, 0.4) is 0 Å². The highest BCUT2D eigenvalue weighted by atomic mass is 16.5. The van der Waals surface area contributed by atoms with E-state index in [9.17, 15) is 0 Å². The largest absolute Gasteiger partial charge is 0.382 e. The minimum absolute atomic E-state index is 0.855. The smallest absolute Gasteiger partial charge is 0.0465 e. The molecule has 0 spiro atoms. The van der Waals surface area contributed by atoms with E-state index in [-0.39, 0.29) is 0 Å². The van der Waals surface area contributed by atoms with Crippen molar-refractivity contribution >= 4 is 0 Å². The summed E-state index contributed by atoms with van der Waals surface area (Å²) in [5.74, 6) is 0.884. The van der Waals surface area contributed by atoms with Crippen LogP contribution in [0, 0.1) is 5.92 Å². The molecule has 216 valence electrons. The maximum Gasteiger partial charge on any atom is 0.0465 e. The van der Waals surface area contributed by atoms with E-state index in [0.29, 0.717) is 0 Å². The van der Waals surface area contributed by atoms with Crippen LogP contribution in [-0.2, 0) is 9.47 Å². The number of rotatable bonds is 15. The fraction of sp³-hybridized carbons (Fsp3) is 1.00. The lowest BCUT2D eigenvalue weighted by Crippen LogP contribution is -1.93. The molecule has 0 aliphatic rings. The van der Waals surface area contributed by atoms with Gasteiger partial charge in [0.1, 0.15) is 0 Å². The minimum atomic E-state index is 0.855. The van der Waals surface area contributed by atoms with Crippen molar-refractivity contribution in [3.8, 4) is 0 Å². The van der Waals surface area contributed by atoms with Gasteiger partial charge in [-0.2, -0.15) is 0 Å². The Morgan fingerprint density at radius 2 is 0.735 bits per heavy atom. The van der Waals surface area contributed by atoms with Gasteiger partial charge in [-0.3, -0.25) is 0 Å². The van der Waals surface area contributed by atoms with Crippen molar-refractivity contribution in [3.05, 3.63) is 0 Å². The Bertz CT molecular complexity index is 191. The van der Waals surface area contributed by atoms with E-state index in [2.05, 4.69) is 83.1 Å². The summed E-state index contributed by atoms with van der Waals surface area (Å²) in [7, 11) is 0. The molecule has 0 heterocycles. The zero-order valence-corrected chi connectivity index (χ0v) is 27.1. The van der Waals surface area contributed by atoms with E-state index in [0.717, 1.165) is 45.2 Å². The normalized spacial score (nSPS) is 9.00. The van der Waals surface area contributed by atoms with Crippen LogP contribution < -0.4 is 0 Å². The van der Waals surface area contributed by atoms with Crippen molar-refractivity contribution in [1.29, 1.82) is 0 Å². The Kier molecular flexibility index (Phi) is 88.6. The second-order valence-electron chi connectivity index (χ2n) is 9.03. The number of unbranched alkanes of at least 4 members (excludes halogenated alkanes) is 7. The van der Waals surface area contributed by atoms with Gasteiger partial charge in [0.25, 0.3) is 0 Å². The van der Waals surface area contributed by atoms with Gasteiger partial charge in [0.15, 0.2) is 0 Å². The molecule has 0 aliphatic carbocycles. The van der Waals surface area contributed by atoms with Gasteiger partial charge in [0, 0.05) is 26.4 Å². The van der Waals surface area contributed by atoms with E-state index in [1.54, 1.807) is 0 Å². The second kappa shape index (κ2) is 63.8. The molecular formula is C32H76O2. The van der Waals surface area contributed by atoms with Crippen LogP contribution in [0.1, 0.15) is 180 Å². The van der Waals surface area contributed by atoms with Gasteiger partial charge >= 0.3 is 0 Å². The Hall–Kier alpha value is -0.0800. The molecule has 0 unspecified atom stereocenters. The molecular weight excluding hydrogens is 416 g/mol. The summed E-state index contributed by atoms with van der Waals surface area (Å²) in [6, 6.07) is 0. The average Bonchev–Trinajstić information content (AvgIpc) is 2.86. The molecule has 0 fully saturated rings. The van der Waals surface area contributed by atoms with Crippen LogP contribution in [0.5, 0.6) is 0 Å². The zero-order valence-electron chi connectivity index (χ0n) is 27.1. The lowest BCUT2D eigenvalue weighted by atomic mass is 10.2. The predicted molar refractivity (Wildman–Crippen MR) is 164 cm³/mol. The summed E-state index contributed by atoms with van der Waals surface area (Å²) >= 11 is 0. The van der Waals surface area contributed by atoms with Crippen molar-refractivity contribution in [2.45, 2.75) is 180 Å². The highest BCUT2D eigenvalue weighted by Crippen LogP contribution is 1.95.